The topological polar surface area (TPSA) is 19.0 Å². The van der Waals surface area contributed by atoms with E-state index in [9.17, 15) is 0 Å². The van der Waals surface area contributed by atoms with Gasteiger partial charge in [0.05, 0.1) is 6.04 Å². The van der Waals surface area contributed by atoms with Gasteiger partial charge >= 0.3 is 0 Å². The third-order valence-electron chi connectivity index (χ3n) is 4.33. The number of nitrogens with one attached hydrogen (secondary N) is 1. The molecule has 2 nitrogen and oxygen atoms in total. The molecule has 2 heteroatoms. The minimum absolute atomic E-state index is 0.281. The lowest BCUT2D eigenvalue weighted by atomic mass is 10.0. The molecule has 1 aliphatic heterocycles. The van der Waals surface area contributed by atoms with Crippen molar-refractivity contribution in [2.45, 2.75) is 6.04 Å². The van der Waals surface area contributed by atoms with Crippen LogP contribution in [0.3, 0.4) is 0 Å². The maximum absolute atomic E-state index is 3.32. The molecule has 0 bridgehead atoms. The van der Waals surface area contributed by atoms with Crippen molar-refractivity contribution in [1.29, 1.82) is 0 Å². The van der Waals surface area contributed by atoms with Crippen molar-refractivity contribution in [3.05, 3.63) is 78.0 Å². The van der Waals surface area contributed by atoms with Gasteiger partial charge in [-0.25, -0.2) is 0 Å². The summed E-state index contributed by atoms with van der Waals surface area (Å²) in [6.07, 6.45) is 11.0. The van der Waals surface area contributed by atoms with Gasteiger partial charge < -0.3 is 9.88 Å². The SMILES string of the molecule is CN1c2ccccc2C=CC1/C=C/c1c[nH]c2ccccc12. The molecule has 1 unspecified atom stereocenters. The predicted molar refractivity (Wildman–Crippen MR) is 95.0 cm³/mol. The second-order valence-electron chi connectivity index (χ2n) is 5.67. The molecule has 0 aliphatic carbocycles. The number of aromatic amines is 1. The summed E-state index contributed by atoms with van der Waals surface area (Å²) in [5.41, 5.74) is 4.97. The van der Waals surface area contributed by atoms with Crippen molar-refractivity contribution in [3.63, 3.8) is 0 Å². The van der Waals surface area contributed by atoms with Gasteiger partial charge in [0.15, 0.2) is 0 Å². The number of fused-ring (bicyclic) bond motifs is 2. The molecule has 0 fully saturated rings. The molecule has 1 atom stereocenters. The molecule has 2 heterocycles. The Labute approximate surface area is 130 Å². The number of likely N-dealkylation sites (N-methyl/N-ethyl adjacent to an activating group) is 1. The normalized spacial score (nSPS) is 17.3. The Morgan fingerprint density at radius 3 is 2.82 bits per heavy atom. The van der Waals surface area contributed by atoms with Gasteiger partial charge in [0.25, 0.3) is 0 Å². The van der Waals surface area contributed by atoms with E-state index >= 15 is 0 Å². The van der Waals surface area contributed by atoms with Gasteiger partial charge in [-0.05, 0) is 23.3 Å². The highest BCUT2D eigenvalue weighted by Gasteiger charge is 2.16. The summed E-state index contributed by atoms with van der Waals surface area (Å²) in [5.74, 6) is 0. The number of nitrogens with zero attached hydrogens (tertiary/aromatic N) is 1. The summed E-state index contributed by atoms with van der Waals surface area (Å²) >= 11 is 0. The lowest BCUT2D eigenvalue weighted by Gasteiger charge is -2.30. The van der Waals surface area contributed by atoms with Crippen molar-refractivity contribution in [2.24, 2.45) is 0 Å². The molecule has 0 amide bonds. The molecule has 2 aromatic carbocycles. The Morgan fingerprint density at radius 1 is 1.05 bits per heavy atom. The molecular formula is C20H18N2. The van der Waals surface area contributed by atoms with E-state index < -0.39 is 0 Å². The third kappa shape index (κ3) is 2.13. The number of hydrogen-bond acceptors (Lipinski definition) is 1. The molecular weight excluding hydrogens is 268 g/mol. The van der Waals surface area contributed by atoms with Crippen molar-refractivity contribution in [3.8, 4) is 0 Å². The van der Waals surface area contributed by atoms with Gasteiger partial charge in [0.2, 0.25) is 0 Å². The highest BCUT2D eigenvalue weighted by Crippen LogP contribution is 2.28. The molecule has 1 N–H and O–H groups in total. The fourth-order valence-corrected chi connectivity index (χ4v) is 3.07. The molecule has 1 aliphatic rings. The Kier molecular flexibility index (Phi) is 3.08. The summed E-state index contributed by atoms with van der Waals surface area (Å²) in [5, 5.41) is 1.27. The van der Waals surface area contributed by atoms with Gasteiger partial charge in [-0.1, -0.05) is 60.7 Å². The highest BCUT2D eigenvalue weighted by molar-refractivity contribution is 5.89. The van der Waals surface area contributed by atoms with E-state index in [2.05, 4.69) is 96.0 Å². The van der Waals surface area contributed by atoms with Gasteiger partial charge in [-0.2, -0.15) is 0 Å². The maximum Gasteiger partial charge on any atom is 0.0660 e. The predicted octanol–water partition coefficient (Wildman–Crippen LogP) is 4.71. The zero-order valence-corrected chi connectivity index (χ0v) is 12.5. The quantitative estimate of drug-likeness (QED) is 0.722. The highest BCUT2D eigenvalue weighted by atomic mass is 15.1. The van der Waals surface area contributed by atoms with E-state index in [0.29, 0.717) is 0 Å². The number of aromatic nitrogens is 1. The van der Waals surface area contributed by atoms with Crippen LogP contribution in [0.2, 0.25) is 0 Å². The van der Waals surface area contributed by atoms with E-state index in [1.54, 1.807) is 0 Å². The minimum Gasteiger partial charge on any atom is -0.364 e. The van der Waals surface area contributed by atoms with Crippen LogP contribution in [-0.2, 0) is 0 Å². The number of benzene rings is 2. The molecule has 4 rings (SSSR count). The van der Waals surface area contributed by atoms with Gasteiger partial charge in [-0.3, -0.25) is 0 Å². The van der Waals surface area contributed by atoms with E-state index in [1.807, 2.05) is 0 Å². The molecule has 0 saturated heterocycles. The summed E-state index contributed by atoms with van der Waals surface area (Å²) in [6, 6.07) is 17.2. The number of anilines is 1. The van der Waals surface area contributed by atoms with Crippen LogP contribution in [-0.4, -0.2) is 18.1 Å². The summed E-state index contributed by atoms with van der Waals surface area (Å²) in [4.78, 5) is 5.63. The van der Waals surface area contributed by atoms with E-state index in [1.165, 1.54) is 27.7 Å². The third-order valence-corrected chi connectivity index (χ3v) is 4.33. The average Bonchev–Trinajstić information content (AvgIpc) is 2.98. The molecule has 0 radical (unpaired) electrons. The van der Waals surface area contributed by atoms with Crippen molar-refractivity contribution >= 4 is 28.7 Å². The zero-order valence-electron chi connectivity index (χ0n) is 12.5. The smallest absolute Gasteiger partial charge is 0.0660 e. The number of rotatable bonds is 2. The van der Waals surface area contributed by atoms with Crippen LogP contribution >= 0.6 is 0 Å². The first kappa shape index (κ1) is 13.0. The summed E-state index contributed by atoms with van der Waals surface area (Å²) in [7, 11) is 2.15. The Bertz CT molecular complexity index is 870. The number of hydrogen-bond donors (Lipinski definition) is 1. The molecule has 0 saturated carbocycles. The van der Waals surface area contributed by atoms with Crippen LogP contribution in [0.5, 0.6) is 0 Å². The lowest BCUT2D eigenvalue weighted by molar-refractivity contribution is 0.889. The largest absolute Gasteiger partial charge is 0.364 e. The molecule has 22 heavy (non-hydrogen) atoms. The van der Waals surface area contributed by atoms with E-state index in [4.69, 9.17) is 0 Å². The monoisotopic (exact) mass is 286 g/mol. The van der Waals surface area contributed by atoms with E-state index in [-0.39, 0.29) is 6.04 Å². The Morgan fingerprint density at radius 2 is 1.86 bits per heavy atom. The first-order chi connectivity index (χ1) is 10.8. The fraction of sp³-hybridized carbons (Fsp3) is 0.100. The molecule has 0 spiro atoms. The van der Waals surface area contributed by atoms with Crippen LogP contribution in [0, 0.1) is 0 Å². The Hall–Kier alpha value is -2.74. The summed E-state index contributed by atoms with van der Waals surface area (Å²) < 4.78 is 0. The van der Waals surface area contributed by atoms with Crippen LogP contribution in [0.25, 0.3) is 23.1 Å². The fourth-order valence-electron chi connectivity index (χ4n) is 3.07. The van der Waals surface area contributed by atoms with Crippen LogP contribution < -0.4 is 4.90 Å². The van der Waals surface area contributed by atoms with Gasteiger partial charge in [0, 0.05) is 29.8 Å². The van der Waals surface area contributed by atoms with E-state index in [0.717, 1.165) is 0 Å². The van der Waals surface area contributed by atoms with Crippen molar-refractivity contribution in [2.75, 3.05) is 11.9 Å². The van der Waals surface area contributed by atoms with Crippen molar-refractivity contribution in [1.82, 2.24) is 4.98 Å². The second kappa shape index (κ2) is 5.23. The number of para-hydroxylation sites is 2. The maximum atomic E-state index is 3.32. The van der Waals surface area contributed by atoms with Gasteiger partial charge in [-0.15, -0.1) is 0 Å². The van der Waals surface area contributed by atoms with Crippen LogP contribution in [0.4, 0.5) is 5.69 Å². The first-order valence-electron chi connectivity index (χ1n) is 7.57. The first-order valence-corrected chi connectivity index (χ1v) is 7.57. The van der Waals surface area contributed by atoms with Crippen LogP contribution in [0.1, 0.15) is 11.1 Å². The lowest BCUT2D eigenvalue weighted by Crippen LogP contribution is -2.30. The molecule has 1 aromatic heterocycles. The zero-order chi connectivity index (χ0) is 14.9. The summed E-state index contributed by atoms with van der Waals surface area (Å²) in [6.45, 7) is 0. The van der Waals surface area contributed by atoms with Crippen LogP contribution in [0.15, 0.2) is 66.9 Å². The molecule has 108 valence electrons. The Balaban J connectivity index is 1.64. The number of H-pyrrole nitrogens is 1. The average molecular weight is 286 g/mol. The standard InChI is InChI=1S/C20H18N2/c1-22-17(12-10-15-6-2-5-9-20(15)22)13-11-16-14-21-19-8-4-3-7-18(16)19/h2-14,17,21H,1H3/b13-11+. The van der Waals surface area contributed by atoms with Crippen molar-refractivity contribution < 1.29 is 0 Å². The minimum atomic E-state index is 0.281. The second-order valence-corrected chi connectivity index (χ2v) is 5.67. The molecule has 3 aromatic rings. The van der Waals surface area contributed by atoms with Gasteiger partial charge in [0.1, 0.15) is 0 Å².